The number of aromatic nitrogens is 4. The number of nitrogens with zero attached hydrogens (tertiary/aromatic N) is 4. The molecule has 0 spiro atoms. The Bertz CT molecular complexity index is 1130. The molecule has 1 saturated carbocycles. The van der Waals surface area contributed by atoms with Crippen LogP contribution in [-0.2, 0) is 20.9 Å². The molecular formula is C28H35N5O3. The monoisotopic (exact) mass is 489 g/mol. The Balaban J connectivity index is 1.53. The summed E-state index contributed by atoms with van der Waals surface area (Å²) in [5.74, 6) is 0.454. The average Bonchev–Trinajstić information content (AvgIpc) is 3.46. The van der Waals surface area contributed by atoms with Gasteiger partial charge in [0, 0.05) is 24.6 Å². The first-order chi connectivity index (χ1) is 17.6. The lowest BCUT2D eigenvalue weighted by molar-refractivity contribution is -0.151. The SMILES string of the molecule is CCCCC(=O)N(Cc1ccc(-c2ccccc2-c2nn[nH]n2)cc1)C1CCCC(C(=O)OCC)C1. The van der Waals surface area contributed by atoms with Gasteiger partial charge in [0.1, 0.15) is 0 Å². The molecule has 1 heterocycles. The number of ether oxygens (including phenoxy) is 1. The molecule has 2 atom stereocenters. The van der Waals surface area contributed by atoms with E-state index < -0.39 is 0 Å². The van der Waals surface area contributed by atoms with Gasteiger partial charge in [-0.15, -0.1) is 10.2 Å². The summed E-state index contributed by atoms with van der Waals surface area (Å²) in [7, 11) is 0. The predicted molar refractivity (Wildman–Crippen MR) is 138 cm³/mol. The Morgan fingerprint density at radius 1 is 1.06 bits per heavy atom. The maximum absolute atomic E-state index is 13.3. The van der Waals surface area contributed by atoms with E-state index in [-0.39, 0.29) is 23.8 Å². The number of carbonyl (C=O) groups excluding carboxylic acids is 2. The smallest absolute Gasteiger partial charge is 0.308 e. The van der Waals surface area contributed by atoms with Crippen molar-refractivity contribution in [1.82, 2.24) is 25.5 Å². The van der Waals surface area contributed by atoms with Crippen molar-refractivity contribution in [3.05, 3.63) is 54.1 Å². The van der Waals surface area contributed by atoms with Crippen LogP contribution in [0, 0.1) is 5.92 Å². The third-order valence-corrected chi connectivity index (χ3v) is 6.90. The lowest BCUT2D eigenvalue weighted by Crippen LogP contribution is -2.43. The summed E-state index contributed by atoms with van der Waals surface area (Å²) in [5, 5.41) is 14.5. The number of unbranched alkanes of at least 4 members (excludes halogenated alkanes) is 1. The number of H-pyrrole nitrogens is 1. The van der Waals surface area contributed by atoms with Gasteiger partial charge >= 0.3 is 5.97 Å². The van der Waals surface area contributed by atoms with E-state index in [0.717, 1.165) is 54.4 Å². The third-order valence-electron chi connectivity index (χ3n) is 6.90. The Morgan fingerprint density at radius 2 is 1.83 bits per heavy atom. The summed E-state index contributed by atoms with van der Waals surface area (Å²) < 4.78 is 5.29. The first-order valence-corrected chi connectivity index (χ1v) is 13.0. The Morgan fingerprint density at radius 3 is 2.53 bits per heavy atom. The zero-order valence-electron chi connectivity index (χ0n) is 21.2. The summed E-state index contributed by atoms with van der Waals surface area (Å²) in [4.78, 5) is 27.7. The molecule has 8 nitrogen and oxygen atoms in total. The van der Waals surface area contributed by atoms with E-state index in [1.165, 1.54) is 0 Å². The number of hydrogen-bond donors (Lipinski definition) is 1. The lowest BCUT2D eigenvalue weighted by atomic mass is 9.84. The largest absolute Gasteiger partial charge is 0.466 e. The molecule has 0 radical (unpaired) electrons. The number of carbonyl (C=O) groups is 2. The number of tetrazole rings is 1. The Hall–Kier alpha value is -3.55. The Labute approximate surface area is 212 Å². The first kappa shape index (κ1) is 25.5. The standard InChI is InChI=1S/C28H35N5O3/c1-3-5-13-26(34)33(23-10-8-9-22(18-23)28(35)36-4-2)19-20-14-16-21(17-15-20)24-11-6-7-12-25(24)27-29-31-32-30-27/h6-7,11-12,14-17,22-23H,3-5,8-10,13,18-19H2,1-2H3,(H,29,30,31,32). The van der Waals surface area contributed by atoms with Crippen LogP contribution in [0.15, 0.2) is 48.5 Å². The second-order valence-corrected chi connectivity index (χ2v) is 9.37. The van der Waals surface area contributed by atoms with Crippen LogP contribution in [0.1, 0.15) is 64.4 Å². The predicted octanol–water partition coefficient (Wildman–Crippen LogP) is 5.17. The molecule has 36 heavy (non-hydrogen) atoms. The van der Waals surface area contributed by atoms with Gasteiger partial charge in [0.15, 0.2) is 0 Å². The van der Waals surface area contributed by atoms with Crippen LogP contribution in [0.4, 0.5) is 0 Å². The van der Waals surface area contributed by atoms with E-state index in [1.807, 2.05) is 36.1 Å². The highest BCUT2D eigenvalue weighted by Gasteiger charge is 2.33. The number of nitrogens with one attached hydrogen (secondary N) is 1. The van der Waals surface area contributed by atoms with Crippen molar-refractivity contribution < 1.29 is 14.3 Å². The van der Waals surface area contributed by atoms with Crippen molar-refractivity contribution >= 4 is 11.9 Å². The molecule has 2 aromatic carbocycles. The van der Waals surface area contributed by atoms with Crippen molar-refractivity contribution in [2.24, 2.45) is 5.92 Å². The molecule has 2 unspecified atom stereocenters. The highest BCUT2D eigenvalue weighted by atomic mass is 16.5. The number of esters is 1. The number of amides is 1. The van der Waals surface area contributed by atoms with Gasteiger partial charge in [-0.25, -0.2) is 0 Å². The number of aromatic amines is 1. The zero-order chi connectivity index (χ0) is 25.3. The van der Waals surface area contributed by atoms with Gasteiger partial charge in [-0.05, 0) is 54.5 Å². The van der Waals surface area contributed by atoms with Crippen LogP contribution in [0.25, 0.3) is 22.5 Å². The van der Waals surface area contributed by atoms with Gasteiger partial charge in [-0.3, -0.25) is 9.59 Å². The number of benzene rings is 2. The summed E-state index contributed by atoms with van der Waals surface area (Å²) in [6.45, 7) is 4.86. The van der Waals surface area contributed by atoms with Crippen LogP contribution in [0.5, 0.6) is 0 Å². The van der Waals surface area contributed by atoms with Gasteiger partial charge in [0.25, 0.3) is 0 Å². The van der Waals surface area contributed by atoms with Crippen molar-refractivity contribution in [3.63, 3.8) is 0 Å². The van der Waals surface area contributed by atoms with Crippen LogP contribution >= 0.6 is 0 Å². The fraction of sp³-hybridized carbons (Fsp3) is 0.464. The van der Waals surface area contributed by atoms with Crippen LogP contribution in [0.3, 0.4) is 0 Å². The lowest BCUT2D eigenvalue weighted by Gasteiger charge is -2.37. The fourth-order valence-corrected chi connectivity index (χ4v) is 5.01. The van der Waals surface area contributed by atoms with Crippen molar-refractivity contribution in [1.29, 1.82) is 0 Å². The van der Waals surface area contributed by atoms with Crippen molar-refractivity contribution in [2.45, 2.75) is 71.4 Å². The second kappa shape index (κ2) is 12.4. The Kier molecular flexibility index (Phi) is 8.81. The quantitative estimate of drug-likeness (QED) is 0.394. The van der Waals surface area contributed by atoms with Gasteiger partial charge < -0.3 is 9.64 Å². The van der Waals surface area contributed by atoms with Gasteiger partial charge in [0.2, 0.25) is 11.7 Å². The highest BCUT2D eigenvalue weighted by Crippen LogP contribution is 2.32. The molecule has 4 rings (SSSR count). The first-order valence-electron chi connectivity index (χ1n) is 13.0. The van der Waals surface area contributed by atoms with E-state index >= 15 is 0 Å². The zero-order valence-corrected chi connectivity index (χ0v) is 21.2. The molecular weight excluding hydrogens is 454 g/mol. The maximum Gasteiger partial charge on any atom is 0.308 e. The number of rotatable bonds is 10. The molecule has 1 aliphatic rings. The molecule has 1 aromatic heterocycles. The minimum Gasteiger partial charge on any atom is -0.466 e. The summed E-state index contributed by atoms with van der Waals surface area (Å²) in [6.07, 6.45) is 5.74. The average molecular weight is 490 g/mol. The van der Waals surface area contributed by atoms with E-state index in [4.69, 9.17) is 4.74 Å². The molecule has 190 valence electrons. The van der Waals surface area contributed by atoms with Crippen LogP contribution in [0.2, 0.25) is 0 Å². The molecule has 1 amide bonds. The summed E-state index contributed by atoms with van der Waals surface area (Å²) in [5.41, 5.74) is 4.04. The topological polar surface area (TPSA) is 101 Å². The van der Waals surface area contributed by atoms with Crippen LogP contribution < -0.4 is 0 Å². The van der Waals surface area contributed by atoms with Gasteiger partial charge in [-0.1, -0.05) is 68.3 Å². The van der Waals surface area contributed by atoms with Gasteiger partial charge in [-0.2, -0.15) is 5.21 Å². The summed E-state index contributed by atoms with van der Waals surface area (Å²) in [6, 6.07) is 16.3. The molecule has 0 saturated heterocycles. The number of hydrogen-bond acceptors (Lipinski definition) is 6. The second-order valence-electron chi connectivity index (χ2n) is 9.37. The minimum absolute atomic E-state index is 0.0520. The molecule has 3 aromatic rings. The highest BCUT2D eigenvalue weighted by molar-refractivity contribution is 5.80. The molecule has 0 aliphatic heterocycles. The minimum atomic E-state index is -0.132. The van der Waals surface area contributed by atoms with Gasteiger partial charge in [0.05, 0.1) is 12.5 Å². The van der Waals surface area contributed by atoms with Crippen molar-refractivity contribution in [2.75, 3.05) is 6.61 Å². The third kappa shape index (κ3) is 6.17. The van der Waals surface area contributed by atoms with E-state index in [2.05, 4.69) is 51.8 Å². The van der Waals surface area contributed by atoms with Crippen LogP contribution in [-0.4, -0.2) is 50.0 Å². The molecule has 1 N–H and O–H groups in total. The summed E-state index contributed by atoms with van der Waals surface area (Å²) >= 11 is 0. The molecule has 1 fully saturated rings. The van der Waals surface area contributed by atoms with Crippen molar-refractivity contribution in [3.8, 4) is 22.5 Å². The van der Waals surface area contributed by atoms with E-state index in [0.29, 0.717) is 31.8 Å². The molecule has 8 heteroatoms. The normalized spacial score (nSPS) is 17.5. The molecule has 0 bridgehead atoms. The van der Waals surface area contributed by atoms with E-state index in [1.54, 1.807) is 0 Å². The van der Waals surface area contributed by atoms with E-state index in [9.17, 15) is 9.59 Å². The molecule has 1 aliphatic carbocycles. The fourth-order valence-electron chi connectivity index (χ4n) is 5.01. The maximum atomic E-state index is 13.3.